The fourth-order valence-electron chi connectivity index (χ4n) is 2.58. The van der Waals surface area contributed by atoms with Crippen molar-refractivity contribution in [2.75, 3.05) is 35.1 Å². The number of carbonyl (C=O) groups excluding carboxylic acids is 1. The molecule has 1 N–H and O–H groups in total. The molecule has 3 rings (SSSR count). The Morgan fingerprint density at radius 1 is 1.15 bits per heavy atom. The lowest BCUT2D eigenvalue weighted by Crippen LogP contribution is -2.39. The summed E-state index contributed by atoms with van der Waals surface area (Å²) < 4.78 is 38.0. The van der Waals surface area contributed by atoms with Gasteiger partial charge in [-0.25, -0.2) is 8.42 Å². The van der Waals surface area contributed by atoms with Crippen molar-refractivity contribution >= 4 is 43.2 Å². The smallest absolute Gasteiger partial charge is 0.245 e. The average Bonchev–Trinajstić information content (AvgIpc) is 2.67. The van der Waals surface area contributed by atoms with Gasteiger partial charge < -0.3 is 14.8 Å². The summed E-state index contributed by atoms with van der Waals surface area (Å²) in [7, 11) is -3.67. The standard InChI is InChI=1S/C18H19BrN2O5S/c1-2-27(23,24)21(12-18(22)20-15-6-4-3-5-14(15)19)13-7-8-16-17(11-13)26-10-9-25-16/h3-8,11H,2,9-10,12H2,1H3,(H,20,22). The van der Waals surface area contributed by atoms with Gasteiger partial charge in [-0.2, -0.15) is 0 Å². The zero-order chi connectivity index (χ0) is 19.4. The third-order valence-corrected chi connectivity index (χ3v) is 6.38. The number of sulfonamides is 1. The molecule has 7 nitrogen and oxygen atoms in total. The highest BCUT2D eigenvalue weighted by atomic mass is 79.9. The Morgan fingerprint density at radius 2 is 1.85 bits per heavy atom. The van der Waals surface area contributed by atoms with Crippen LogP contribution >= 0.6 is 15.9 Å². The largest absolute Gasteiger partial charge is 0.486 e. The first-order valence-electron chi connectivity index (χ1n) is 8.35. The van der Waals surface area contributed by atoms with Crippen LogP contribution in [-0.2, 0) is 14.8 Å². The fraction of sp³-hybridized carbons (Fsp3) is 0.278. The molecule has 0 bridgehead atoms. The molecule has 1 aliphatic rings. The third-order valence-electron chi connectivity index (χ3n) is 3.95. The molecule has 0 unspecified atom stereocenters. The van der Waals surface area contributed by atoms with E-state index in [1.165, 1.54) is 6.92 Å². The van der Waals surface area contributed by atoms with Crippen LogP contribution < -0.4 is 19.1 Å². The van der Waals surface area contributed by atoms with Crippen molar-refractivity contribution in [1.82, 2.24) is 0 Å². The summed E-state index contributed by atoms with van der Waals surface area (Å²) >= 11 is 3.35. The molecule has 1 heterocycles. The molecule has 0 aromatic heterocycles. The predicted molar refractivity (Wildman–Crippen MR) is 107 cm³/mol. The quantitative estimate of drug-likeness (QED) is 0.724. The van der Waals surface area contributed by atoms with Crippen LogP contribution in [0.3, 0.4) is 0 Å². The molecule has 0 saturated carbocycles. The molecule has 0 radical (unpaired) electrons. The summed E-state index contributed by atoms with van der Waals surface area (Å²) in [5.74, 6) is 0.426. The van der Waals surface area contributed by atoms with Gasteiger partial charge in [0, 0.05) is 10.5 Å². The third kappa shape index (κ3) is 4.54. The molecule has 0 saturated heterocycles. The van der Waals surface area contributed by atoms with E-state index in [0.717, 1.165) is 4.31 Å². The van der Waals surface area contributed by atoms with Crippen molar-refractivity contribution in [2.24, 2.45) is 0 Å². The van der Waals surface area contributed by atoms with Crippen LogP contribution in [0, 0.1) is 0 Å². The fourth-order valence-corrected chi connectivity index (χ4v) is 4.02. The molecule has 0 fully saturated rings. The maximum Gasteiger partial charge on any atom is 0.245 e. The summed E-state index contributed by atoms with van der Waals surface area (Å²) in [5.41, 5.74) is 0.918. The van der Waals surface area contributed by atoms with Gasteiger partial charge in [-0.1, -0.05) is 12.1 Å². The van der Waals surface area contributed by atoms with Crippen molar-refractivity contribution in [1.29, 1.82) is 0 Å². The summed E-state index contributed by atoms with van der Waals surface area (Å²) in [6, 6.07) is 11.9. The number of amides is 1. The van der Waals surface area contributed by atoms with E-state index in [-0.39, 0.29) is 12.3 Å². The zero-order valence-corrected chi connectivity index (χ0v) is 17.0. The molecule has 144 valence electrons. The van der Waals surface area contributed by atoms with E-state index in [4.69, 9.17) is 9.47 Å². The number of halogens is 1. The Labute approximate surface area is 166 Å². The number of ether oxygens (including phenoxy) is 2. The second-order valence-electron chi connectivity index (χ2n) is 5.76. The number of nitrogens with zero attached hydrogens (tertiary/aromatic N) is 1. The van der Waals surface area contributed by atoms with Gasteiger partial charge in [0.15, 0.2) is 11.5 Å². The second-order valence-corrected chi connectivity index (χ2v) is 8.80. The SMILES string of the molecule is CCS(=O)(=O)N(CC(=O)Nc1ccccc1Br)c1ccc2c(c1)OCCO2. The number of hydrogen-bond donors (Lipinski definition) is 1. The van der Waals surface area contributed by atoms with Gasteiger partial charge >= 0.3 is 0 Å². The summed E-state index contributed by atoms with van der Waals surface area (Å²) in [5, 5.41) is 2.72. The Morgan fingerprint density at radius 3 is 2.56 bits per heavy atom. The van der Waals surface area contributed by atoms with E-state index in [1.807, 2.05) is 6.07 Å². The van der Waals surface area contributed by atoms with E-state index in [2.05, 4.69) is 21.2 Å². The molecule has 2 aromatic carbocycles. The maximum absolute atomic E-state index is 12.6. The number of rotatable bonds is 6. The van der Waals surface area contributed by atoms with Crippen molar-refractivity contribution in [3.8, 4) is 11.5 Å². The average molecular weight is 455 g/mol. The first-order valence-corrected chi connectivity index (χ1v) is 10.8. The highest BCUT2D eigenvalue weighted by Gasteiger charge is 2.25. The van der Waals surface area contributed by atoms with Gasteiger partial charge in [0.2, 0.25) is 15.9 Å². The number of fused-ring (bicyclic) bond motifs is 1. The zero-order valence-electron chi connectivity index (χ0n) is 14.6. The van der Waals surface area contributed by atoms with Crippen molar-refractivity contribution in [3.05, 3.63) is 46.9 Å². The monoisotopic (exact) mass is 454 g/mol. The molecule has 1 aliphatic heterocycles. The Bertz CT molecular complexity index is 949. The summed E-state index contributed by atoms with van der Waals surface area (Å²) in [4.78, 5) is 12.5. The highest BCUT2D eigenvalue weighted by Crippen LogP contribution is 2.35. The van der Waals surface area contributed by atoms with Gasteiger partial charge in [0.05, 0.1) is 17.1 Å². The molecule has 0 spiro atoms. The van der Waals surface area contributed by atoms with Gasteiger partial charge in [0.25, 0.3) is 0 Å². The number of hydrogen-bond acceptors (Lipinski definition) is 5. The molecule has 1 amide bonds. The van der Waals surface area contributed by atoms with Crippen molar-refractivity contribution in [2.45, 2.75) is 6.92 Å². The number of carbonyl (C=O) groups is 1. The summed E-state index contributed by atoms with van der Waals surface area (Å²) in [6.07, 6.45) is 0. The van der Waals surface area contributed by atoms with Crippen LogP contribution in [0.2, 0.25) is 0 Å². The number of nitrogens with one attached hydrogen (secondary N) is 1. The Hall–Kier alpha value is -2.26. The van der Waals surface area contributed by atoms with Gasteiger partial charge in [-0.15, -0.1) is 0 Å². The van der Waals surface area contributed by atoms with E-state index in [1.54, 1.807) is 36.4 Å². The number of anilines is 2. The molecular formula is C18H19BrN2O5S. The topological polar surface area (TPSA) is 84.9 Å². The Balaban J connectivity index is 1.86. The molecule has 0 aliphatic carbocycles. The molecule has 9 heteroatoms. The van der Waals surface area contributed by atoms with E-state index in [0.29, 0.717) is 40.6 Å². The first kappa shape index (κ1) is 19.5. The Kier molecular flexibility index (Phi) is 5.91. The molecule has 27 heavy (non-hydrogen) atoms. The molecular weight excluding hydrogens is 436 g/mol. The lowest BCUT2D eigenvalue weighted by molar-refractivity contribution is -0.114. The van der Waals surface area contributed by atoms with E-state index < -0.39 is 15.9 Å². The van der Waals surface area contributed by atoms with Gasteiger partial charge in [-0.3, -0.25) is 9.10 Å². The second kappa shape index (κ2) is 8.18. The van der Waals surface area contributed by atoms with Crippen LogP contribution in [0.5, 0.6) is 11.5 Å². The van der Waals surface area contributed by atoms with Crippen LogP contribution in [0.4, 0.5) is 11.4 Å². The minimum absolute atomic E-state index is 0.135. The van der Waals surface area contributed by atoms with Crippen molar-refractivity contribution in [3.63, 3.8) is 0 Å². The first-order chi connectivity index (χ1) is 12.9. The number of para-hydroxylation sites is 1. The lowest BCUT2D eigenvalue weighted by atomic mass is 10.2. The van der Waals surface area contributed by atoms with Crippen LogP contribution in [0.15, 0.2) is 46.9 Å². The lowest BCUT2D eigenvalue weighted by Gasteiger charge is -2.25. The van der Waals surface area contributed by atoms with Crippen LogP contribution in [-0.4, -0.2) is 39.8 Å². The molecule has 0 atom stereocenters. The van der Waals surface area contributed by atoms with E-state index in [9.17, 15) is 13.2 Å². The van der Waals surface area contributed by atoms with Crippen molar-refractivity contribution < 1.29 is 22.7 Å². The van der Waals surface area contributed by atoms with Crippen LogP contribution in [0.25, 0.3) is 0 Å². The minimum Gasteiger partial charge on any atom is -0.486 e. The van der Waals surface area contributed by atoms with Gasteiger partial charge in [-0.05, 0) is 47.1 Å². The normalized spacial score (nSPS) is 13.1. The molecule has 2 aromatic rings. The van der Waals surface area contributed by atoms with E-state index >= 15 is 0 Å². The number of benzene rings is 2. The maximum atomic E-state index is 12.6. The van der Waals surface area contributed by atoms with Gasteiger partial charge in [0.1, 0.15) is 19.8 Å². The van der Waals surface area contributed by atoms with Crippen LogP contribution in [0.1, 0.15) is 6.92 Å². The highest BCUT2D eigenvalue weighted by molar-refractivity contribution is 9.10. The minimum atomic E-state index is -3.67. The predicted octanol–water partition coefficient (Wildman–Crippen LogP) is 3.02. The summed E-state index contributed by atoms with van der Waals surface area (Å²) in [6.45, 7) is 2.01.